The Bertz CT molecular complexity index is 184. The van der Waals surface area contributed by atoms with E-state index in [9.17, 15) is 0 Å². The van der Waals surface area contributed by atoms with Crippen molar-refractivity contribution in [2.75, 3.05) is 6.61 Å². The van der Waals surface area contributed by atoms with Crippen LogP contribution in [0.5, 0.6) is 0 Å². The first-order valence-corrected chi connectivity index (χ1v) is 7.06. The summed E-state index contributed by atoms with van der Waals surface area (Å²) in [7, 11) is 0. The summed E-state index contributed by atoms with van der Waals surface area (Å²) >= 11 is 0. The van der Waals surface area contributed by atoms with Crippen LogP contribution in [0.1, 0.15) is 59.3 Å². The third-order valence-electron chi connectivity index (χ3n) is 4.13. The number of rotatable bonds is 7. The standard InChI is InChI=1S/C14H29NO/c1-4-6-7-12(5-2)10-14(15)13-8-9-16-11(13)3/h11-14H,4-10,15H2,1-3H3. The van der Waals surface area contributed by atoms with Crippen molar-refractivity contribution in [1.82, 2.24) is 0 Å². The molecule has 2 heteroatoms. The number of unbranched alkanes of at least 4 members (excludes halogenated alkanes) is 1. The molecule has 1 aliphatic heterocycles. The van der Waals surface area contributed by atoms with Crippen molar-refractivity contribution >= 4 is 0 Å². The number of ether oxygens (including phenoxy) is 1. The normalized spacial score (nSPS) is 29.2. The van der Waals surface area contributed by atoms with Crippen LogP contribution in [0.2, 0.25) is 0 Å². The van der Waals surface area contributed by atoms with E-state index in [2.05, 4.69) is 20.8 Å². The highest BCUT2D eigenvalue weighted by Crippen LogP contribution is 2.28. The van der Waals surface area contributed by atoms with Gasteiger partial charge in [0.15, 0.2) is 0 Å². The summed E-state index contributed by atoms with van der Waals surface area (Å²) < 4.78 is 5.60. The Kier molecular flexibility index (Phi) is 6.37. The molecule has 0 aromatic heterocycles. The number of hydrogen-bond acceptors (Lipinski definition) is 2. The smallest absolute Gasteiger partial charge is 0.0590 e. The maximum absolute atomic E-state index is 6.34. The van der Waals surface area contributed by atoms with Crippen molar-refractivity contribution in [2.24, 2.45) is 17.6 Å². The highest BCUT2D eigenvalue weighted by molar-refractivity contribution is 4.83. The fourth-order valence-electron chi connectivity index (χ4n) is 2.85. The molecule has 1 heterocycles. The minimum absolute atomic E-state index is 0.347. The van der Waals surface area contributed by atoms with E-state index in [0.29, 0.717) is 18.1 Å². The second-order valence-electron chi connectivity index (χ2n) is 5.34. The molecule has 96 valence electrons. The molecule has 0 bridgehead atoms. The van der Waals surface area contributed by atoms with Crippen molar-refractivity contribution in [3.63, 3.8) is 0 Å². The first-order valence-electron chi connectivity index (χ1n) is 7.06. The van der Waals surface area contributed by atoms with E-state index in [1.807, 2.05) is 0 Å². The average Bonchev–Trinajstić information content (AvgIpc) is 2.70. The summed E-state index contributed by atoms with van der Waals surface area (Å²) in [5.74, 6) is 1.42. The molecule has 4 atom stereocenters. The van der Waals surface area contributed by atoms with Gasteiger partial charge < -0.3 is 10.5 Å². The van der Waals surface area contributed by atoms with Crippen molar-refractivity contribution in [3.05, 3.63) is 0 Å². The molecule has 0 spiro atoms. The predicted molar refractivity (Wildman–Crippen MR) is 69.4 cm³/mol. The van der Waals surface area contributed by atoms with Crippen molar-refractivity contribution in [2.45, 2.75) is 71.4 Å². The molecular weight excluding hydrogens is 198 g/mol. The fraction of sp³-hybridized carbons (Fsp3) is 1.00. The largest absolute Gasteiger partial charge is 0.378 e. The first-order chi connectivity index (χ1) is 7.69. The number of hydrogen-bond donors (Lipinski definition) is 1. The number of nitrogens with two attached hydrogens (primary N) is 1. The Labute approximate surface area is 101 Å². The van der Waals surface area contributed by atoms with Gasteiger partial charge in [0.1, 0.15) is 0 Å². The van der Waals surface area contributed by atoms with Crippen molar-refractivity contribution in [3.8, 4) is 0 Å². The third kappa shape index (κ3) is 4.06. The highest BCUT2D eigenvalue weighted by Gasteiger charge is 2.30. The minimum Gasteiger partial charge on any atom is -0.378 e. The summed E-state index contributed by atoms with van der Waals surface area (Å²) in [5, 5.41) is 0. The molecule has 0 aromatic rings. The molecule has 0 aromatic carbocycles. The Morgan fingerprint density at radius 2 is 2.12 bits per heavy atom. The molecule has 16 heavy (non-hydrogen) atoms. The second-order valence-corrected chi connectivity index (χ2v) is 5.34. The van der Waals surface area contributed by atoms with Crippen LogP contribution in [-0.4, -0.2) is 18.8 Å². The molecule has 1 fully saturated rings. The van der Waals surface area contributed by atoms with Crippen LogP contribution in [0.3, 0.4) is 0 Å². The summed E-state index contributed by atoms with van der Waals surface area (Å²) in [6.07, 6.45) is 8.00. The Morgan fingerprint density at radius 3 is 2.62 bits per heavy atom. The van der Waals surface area contributed by atoms with Crippen LogP contribution < -0.4 is 5.73 Å². The van der Waals surface area contributed by atoms with Crippen LogP contribution in [0.15, 0.2) is 0 Å². The summed E-state index contributed by atoms with van der Waals surface area (Å²) in [6, 6.07) is 0.347. The van der Waals surface area contributed by atoms with E-state index >= 15 is 0 Å². The lowest BCUT2D eigenvalue weighted by atomic mass is 9.84. The summed E-state index contributed by atoms with van der Waals surface area (Å²) in [4.78, 5) is 0. The highest BCUT2D eigenvalue weighted by atomic mass is 16.5. The molecule has 2 N–H and O–H groups in total. The van der Waals surface area contributed by atoms with Gasteiger partial charge in [0, 0.05) is 18.6 Å². The fourth-order valence-corrected chi connectivity index (χ4v) is 2.85. The molecule has 1 aliphatic rings. The molecule has 0 amide bonds. The monoisotopic (exact) mass is 227 g/mol. The van der Waals surface area contributed by atoms with Crippen LogP contribution in [0.25, 0.3) is 0 Å². The van der Waals surface area contributed by atoms with Crippen LogP contribution in [0.4, 0.5) is 0 Å². The average molecular weight is 227 g/mol. The van der Waals surface area contributed by atoms with Gasteiger partial charge in [0.25, 0.3) is 0 Å². The van der Waals surface area contributed by atoms with Gasteiger partial charge in [-0.2, -0.15) is 0 Å². The van der Waals surface area contributed by atoms with Crippen molar-refractivity contribution < 1.29 is 4.74 Å². The van der Waals surface area contributed by atoms with E-state index in [1.165, 1.54) is 32.1 Å². The van der Waals surface area contributed by atoms with Gasteiger partial charge in [0.2, 0.25) is 0 Å². The minimum atomic E-state index is 0.347. The van der Waals surface area contributed by atoms with Gasteiger partial charge in [-0.1, -0.05) is 39.5 Å². The van der Waals surface area contributed by atoms with Gasteiger partial charge >= 0.3 is 0 Å². The molecule has 1 saturated heterocycles. The zero-order valence-electron chi connectivity index (χ0n) is 11.2. The second kappa shape index (κ2) is 7.29. The van der Waals surface area contributed by atoms with Crippen LogP contribution in [-0.2, 0) is 4.74 Å². The maximum Gasteiger partial charge on any atom is 0.0590 e. The SMILES string of the molecule is CCCCC(CC)CC(N)C1CCOC1C. The van der Waals surface area contributed by atoms with Crippen LogP contribution in [0, 0.1) is 11.8 Å². The van der Waals surface area contributed by atoms with Crippen LogP contribution >= 0.6 is 0 Å². The van der Waals surface area contributed by atoms with Gasteiger partial charge in [0.05, 0.1) is 6.10 Å². The van der Waals surface area contributed by atoms with Gasteiger partial charge in [-0.3, -0.25) is 0 Å². The topological polar surface area (TPSA) is 35.2 Å². The zero-order chi connectivity index (χ0) is 12.0. The zero-order valence-corrected chi connectivity index (χ0v) is 11.2. The summed E-state index contributed by atoms with van der Waals surface area (Å²) in [6.45, 7) is 7.64. The molecule has 4 unspecified atom stereocenters. The van der Waals surface area contributed by atoms with E-state index in [-0.39, 0.29) is 0 Å². The first kappa shape index (κ1) is 14.0. The molecule has 0 aliphatic carbocycles. The van der Waals surface area contributed by atoms with E-state index in [0.717, 1.165) is 18.9 Å². The lowest BCUT2D eigenvalue weighted by Gasteiger charge is -2.26. The molecule has 0 radical (unpaired) electrons. The molecule has 1 rings (SSSR count). The Balaban J connectivity index is 2.32. The summed E-state index contributed by atoms with van der Waals surface area (Å²) in [5.41, 5.74) is 6.34. The quantitative estimate of drug-likeness (QED) is 0.724. The maximum atomic E-state index is 6.34. The third-order valence-corrected chi connectivity index (χ3v) is 4.13. The Hall–Kier alpha value is -0.0800. The van der Waals surface area contributed by atoms with E-state index in [4.69, 9.17) is 10.5 Å². The van der Waals surface area contributed by atoms with Gasteiger partial charge in [-0.05, 0) is 25.7 Å². The lowest BCUT2D eigenvalue weighted by Crippen LogP contribution is -2.35. The van der Waals surface area contributed by atoms with E-state index in [1.54, 1.807) is 0 Å². The van der Waals surface area contributed by atoms with E-state index < -0.39 is 0 Å². The molecule has 2 nitrogen and oxygen atoms in total. The Morgan fingerprint density at radius 1 is 1.38 bits per heavy atom. The predicted octanol–water partition coefficient (Wildman–Crippen LogP) is 3.35. The molecule has 0 saturated carbocycles. The molecular formula is C14H29NO. The lowest BCUT2D eigenvalue weighted by molar-refractivity contribution is 0.0964. The van der Waals surface area contributed by atoms with Crippen molar-refractivity contribution in [1.29, 1.82) is 0 Å². The van der Waals surface area contributed by atoms with Gasteiger partial charge in [-0.25, -0.2) is 0 Å². The van der Waals surface area contributed by atoms with Gasteiger partial charge in [-0.15, -0.1) is 0 Å².